The highest BCUT2D eigenvalue weighted by Gasteiger charge is 2.08. The van der Waals surface area contributed by atoms with Crippen molar-refractivity contribution in [1.82, 2.24) is 9.97 Å². The first kappa shape index (κ1) is 16.9. The zero-order valence-electron chi connectivity index (χ0n) is 13.8. The van der Waals surface area contributed by atoms with E-state index in [2.05, 4.69) is 20.6 Å². The lowest BCUT2D eigenvalue weighted by Gasteiger charge is -2.11. The van der Waals surface area contributed by atoms with Crippen LogP contribution in [0.3, 0.4) is 0 Å². The minimum atomic E-state index is -0.247. The number of aliphatic hydroxyl groups is 1. The van der Waals surface area contributed by atoms with Crippen LogP contribution in [0.5, 0.6) is 0 Å². The predicted octanol–water partition coefficient (Wildman–Crippen LogP) is 3.74. The Morgan fingerprint density at radius 1 is 1.04 bits per heavy atom. The molecule has 128 valence electrons. The largest absolute Gasteiger partial charge is 0.395 e. The molecule has 0 spiro atoms. The minimum absolute atomic E-state index is 0.0150. The zero-order valence-corrected chi connectivity index (χ0v) is 13.8. The van der Waals surface area contributed by atoms with Crippen molar-refractivity contribution >= 4 is 17.5 Å². The van der Waals surface area contributed by atoms with Crippen molar-refractivity contribution in [2.24, 2.45) is 0 Å². The van der Waals surface area contributed by atoms with Gasteiger partial charge in [0.05, 0.1) is 12.3 Å². The first-order chi connectivity index (χ1) is 12.2. The first-order valence-corrected chi connectivity index (χ1v) is 7.98. The molecule has 25 heavy (non-hydrogen) atoms. The number of nitrogens with zero attached hydrogens (tertiary/aromatic N) is 2. The highest BCUT2D eigenvalue weighted by atomic mass is 19.1. The number of hydrogen-bond acceptors (Lipinski definition) is 5. The van der Waals surface area contributed by atoms with Gasteiger partial charge in [0.2, 0.25) is 5.95 Å². The third-order valence-corrected chi connectivity index (χ3v) is 3.62. The number of aryl methyl sites for hydroxylation is 1. The van der Waals surface area contributed by atoms with Gasteiger partial charge >= 0.3 is 0 Å². The maximum Gasteiger partial charge on any atom is 0.225 e. The van der Waals surface area contributed by atoms with Crippen LogP contribution in [-0.2, 0) is 0 Å². The van der Waals surface area contributed by atoms with E-state index < -0.39 is 0 Å². The van der Waals surface area contributed by atoms with Gasteiger partial charge in [0.25, 0.3) is 0 Å². The summed E-state index contributed by atoms with van der Waals surface area (Å²) < 4.78 is 13.4. The molecule has 0 saturated carbocycles. The molecule has 0 radical (unpaired) electrons. The number of aliphatic hydroxyl groups excluding tert-OH is 1. The average molecular weight is 338 g/mol. The van der Waals surface area contributed by atoms with E-state index in [4.69, 9.17) is 5.11 Å². The molecule has 1 aromatic heterocycles. The number of benzene rings is 2. The fraction of sp³-hybridized carbons (Fsp3) is 0.158. The number of hydrogen-bond donors (Lipinski definition) is 3. The van der Waals surface area contributed by atoms with Crippen molar-refractivity contribution in [3.8, 4) is 11.3 Å². The molecule has 1 heterocycles. The molecular formula is C19H19FN4O. The van der Waals surface area contributed by atoms with E-state index in [9.17, 15) is 4.39 Å². The van der Waals surface area contributed by atoms with Crippen LogP contribution >= 0.6 is 0 Å². The highest BCUT2D eigenvalue weighted by molar-refractivity contribution is 5.67. The summed E-state index contributed by atoms with van der Waals surface area (Å²) in [5.74, 6) is 0.751. The van der Waals surface area contributed by atoms with Crippen molar-refractivity contribution < 1.29 is 9.50 Å². The summed E-state index contributed by atoms with van der Waals surface area (Å²) >= 11 is 0. The van der Waals surface area contributed by atoms with Crippen molar-refractivity contribution in [3.63, 3.8) is 0 Å². The Hall–Kier alpha value is -2.99. The summed E-state index contributed by atoms with van der Waals surface area (Å²) in [4.78, 5) is 8.89. The van der Waals surface area contributed by atoms with Crippen LogP contribution in [-0.4, -0.2) is 28.2 Å². The Bertz CT molecular complexity index is 855. The Morgan fingerprint density at radius 3 is 2.56 bits per heavy atom. The van der Waals surface area contributed by atoms with Crippen LogP contribution in [0.15, 0.2) is 54.6 Å². The van der Waals surface area contributed by atoms with Crippen molar-refractivity contribution in [2.75, 3.05) is 23.8 Å². The normalized spacial score (nSPS) is 10.5. The molecule has 6 heteroatoms. The molecule has 2 aromatic carbocycles. The van der Waals surface area contributed by atoms with E-state index in [0.29, 0.717) is 23.9 Å². The van der Waals surface area contributed by atoms with Gasteiger partial charge in [-0.2, -0.15) is 4.98 Å². The van der Waals surface area contributed by atoms with Crippen LogP contribution in [0.4, 0.5) is 21.8 Å². The van der Waals surface area contributed by atoms with Gasteiger partial charge in [-0.05, 0) is 30.7 Å². The summed E-state index contributed by atoms with van der Waals surface area (Å²) in [5.41, 5.74) is 3.00. The fourth-order valence-electron chi connectivity index (χ4n) is 2.39. The Kier molecular flexibility index (Phi) is 5.20. The standard InChI is InChI=1S/C19H19FN4O/c1-13-11-15(7-8-16(13)20)22-18-12-17(14-5-3-2-4-6-14)23-19(24-18)21-9-10-25/h2-8,11-12,25H,9-10H2,1H3,(H2,21,22,23,24). The number of nitrogens with one attached hydrogen (secondary N) is 2. The van der Waals surface area contributed by atoms with Gasteiger partial charge in [0.1, 0.15) is 11.6 Å². The second kappa shape index (κ2) is 7.72. The lowest BCUT2D eigenvalue weighted by Crippen LogP contribution is -2.10. The molecule has 0 aliphatic carbocycles. The number of rotatable bonds is 6. The van der Waals surface area contributed by atoms with Crippen LogP contribution in [0.2, 0.25) is 0 Å². The molecule has 0 fully saturated rings. The number of aromatic nitrogens is 2. The molecule has 0 atom stereocenters. The van der Waals surface area contributed by atoms with Gasteiger partial charge in [-0.3, -0.25) is 0 Å². The van der Waals surface area contributed by atoms with Crippen molar-refractivity contribution in [2.45, 2.75) is 6.92 Å². The van der Waals surface area contributed by atoms with Gasteiger partial charge in [0, 0.05) is 23.9 Å². The quantitative estimate of drug-likeness (QED) is 0.639. The summed E-state index contributed by atoms with van der Waals surface area (Å²) in [7, 11) is 0. The van der Waals surface area contributed by atoms with E-state index in [-0.39, 0.29) is 12.4 Å². The number of anilines is 3. The molecule has 0 bridgehead atoms. The smallest absolute Gasteiger partial charge is 0.225 e. The molecule has 5 nitrogen and oxygen atoms in total. The molecule has 0 unspecified atom stereocenters. The second-order valence-electron chi connectivity index (χ2n) is 5.57. The monoisotopic (exact) mass is 338 g/mol. The second-order valence-corrected chi connectivity index (χ2v) is 5.57. The van der Waals surface area contributed by atoms with E-state index in [1.54, 1.807) is 19.1 Å². The maximum atomic E-state index is 13.4. The summed E-state index contributed by atoms with van der Waals surface area (Å²) in [6.07, 6.45) is 0. The summed E-state index contributed by atoms with van der Waals surface area (Å²) in [5, 5.41) is 15.2. The predicted molar refractivity (Wildman–Crippen MR) is 97.5 cm³/mol. The Morgan fingerprint density at radius 2 is 1.84 bits per heavy atom. The van der Waals surface area contributed by atoms with Crippen molar-refractivity contribution in [3.05, 3.63) is 66.0 Å². The minimum Gasteiger partial charge on any atom is -0.395 e. The average Bonchev–Trinajstić information content (AvgIpc) is 2.63. The van der Waals surface area contributed by atoms with Gasteiger partial charge in [-0.1, -0.05) is 30.3 Å². The third-order valence-electron chi connectivity index (χ3n) is 3.62. The molecule has 3 aromatic rings. The molecule has 3 rings (SSSR count). The lowest BCUT2D eigenvalue weighted by molar-refractivity contribution is 0.311. The molecule has 0 saturated heterocycles. The Balaban J connectivity index is 1.95. The third kappa shape index (κ3) is 4.30. The highest BCUT2D eigenvalue weighted by Crippen LogP contribution is 2.24. The topological polar surface area (TPSA) is 70.1 Å². The lowest BCUT2D eigenvalue weighted by atomic mass is 10.1. The van der Waals surface area contributed by atoms with Gasteiger partial charge in [0.15, 0.2) is 0 Å². The SMILES string of the molecule is Cc1cc(Nc2cc(-c3ccccc3)nc(NCCO)n2)ccc1F. The number of halogens is 1. The van der Waals surface area contributed by atoms with Gasteiger partial charge in [-0.15, -0.1) is 0 Å². The van der Waals surface area contributed by atoms with Gasteiger partial charge < -0.3 is 15.7 Å². The van der Waals surface area contributed by atoms with Crippen LogP contribution in [0.1, 0.15) is 5.56 Å². The van der Waals surface area contributed by atoms with E-state index in [1.165, 1.54) is 6.07 Å². The summed E-state index contributed by atoms with van der Waals surface area (Å²) in [6, 6.07) is 16.4. The maximum absolute atomic E-state index is 13.4. The Labute approximate surface area is 145 Å². The molecule has 0 aliphatic heterocycles. The molecule has 0 aliphatic rings. The van der Waals surface area contributed by atoms with E-state index in [0.717, 1.165) is 16.9 Å². The van der Waals surface area contributed by atoms with Crippen LogP contribution in [0.25, 0.3) is 11.3 Å². The zero-order chi connectivity index (χ0) is 17.6. The molecule has 0 amide bonds. The van der Waals surface area contributed by atoms with Crippen molar-refractivity contribution in [1.29, 1.82) is 0 Å². The summed E-state index contributed by atoms with van der Waals surface area (Å²) in [6.45, 7) is 2.05. The molecular weight excluding hydrogens is 319 g/mol. The van der Waals surface area contributed by atoms with Crippen LogP contribution in [0, 0.1) is 12.7 Å². The first-order valence-electron chi connectivity index (χ1n) is 7.98. The van der Waals surface area contributed by atoms with E-state index in [1.807, 2.05) is 36.4 Å². The fourth-order valence-corrected chi connectivity index (χ4v) is 2.39. The van der Waals surface area contributed by atoms with E-state index >= 15 is 0 Å². The molecule has 3 N–H and O–H groups in total. The van der Waals surface area contributed by atoms with Gasteiger partial charge in [-0.25, -0.2) is 9.37 Å². The van der Waals surface area contributed by atoms with Crippen LogP contribution < -0.4 is 10.6 Å².